The van der Waals surface area contributed by atoms with Gasteiger partial charge in [-0.2, -0.15) is 0 Å². The summed E-state index contributed by atoms with van der Waals surface area (Å²) in [4.78, 5) is 0. The minimum Gasteiger partial charge on any atom is -0.502 e. The first kappa shape index (κ1) is 14.0. The Bertz CT molecular complexity index is 113. The number of ether oxygens (including phenoxy) is 3. The molecule has 0 spiro atoms. The SMILES string of the molecule is C=C(C)OC.COC(C)(C)OC. The Kier molecular flexibility index (Phi) is 8.32. The van der Waals surface area contributed by atoms with Crippen LogP contribution in [0.15, 0.2) is 12.3 Å². The number of hydrogen-bond donors (Lipinski definition) is 0. The highest BCUT2D eigenvalue weighted by molar-refractivity contribution is 4.71. The molecule has 0 amide bonds. The molecule has 0 N–H and O–H groups in total. The third-order valence-corrected chi connectivity index (χ3v) is 1.33. The fraction of sp³-hybridized carbons (Fsp3) is 0.778. The van der Waals surface area contributed by atoms with E-state index in [2.05, 4.69) is 11.3 Å². The molecule has 0 bridgehead atoms. The molecule has 0 aromatic rings. The van der Waals surface area contributed by atoms with Gasteiger partial charge in [0.2, 0.25) is 0 Å². The van der Waals surface area contributed by atoms with Crippen LogP contribution >= 0.6 is 0 Å². The molecular weight excluding hydrogens is 156 g/mol. The second-order valence-electron chi connectivity index (χ2n) is 2.71. The molecule has 0 saturated heterocycles. The lowest BCUT2D eigenvalue weighted by Gasteiger charge is -2.19. The molecule has 0 radical (unpaired) electrons. The van der Waals surface area contributed by atoms with Crippen molar-refractivity contribution in [3.63, 3.8) is 0 Å². The van der Waals surface area contributed by atoms with Crippen molar-refractivity contribution in [3.8, 4) is 0 Å². The maximum absolute atomic E-state index is 4.86. The normalized spacial score (nSPS) is 9.83. The summed E-state index contributed by atoms with van der Waals surface area (Å²) in [5.74, 6) is 0.338. The Labute approximate surface area is 75.3 Å². The van der Waals surface area contributed by atoms with E-state index in [4.69, 9.17) is 9.47 Å². The van der Waals surface area contributed by atoms with E-state index in [0.29, 0.717) is 0 Å². The van der Waals surface area contributed by atoms with Gasteiger partial charge in [0.25, 0.3) is 0 Å². The van der Waals surface area contributed by atoms with Gasteiger partial charge in [-0.1, -0.05) is 6.58 Å². The Morgan fingerprint density at radius 1 is 1.08 bits per heavy atom. The maximum atomic E-state index is 4.86. The van der Waals surface area contributed by atoms with Gasteiger partial charge >= 0.3 is 0 Å². The van der Waals surface area contributed by atoms with Gasteiger partial charge in [0.15, 0.2) is 5.79 Å². The summed E-state index contributed by atoms with van der Waals surface area (Å²) in [6.45, 7) is 8.97. The Morgan fingerprint density at radius 3 is 1.33 bits per heavy atom. The molecule has 0 aromatic carbocycles. The highest BCUT2D eigenvalue weighted by atomic mass is 16.7. The van der Waals surface area contributed by atoms with Gasteiger partial charge in [0, 0.05) is 14.2 Å². The third-order valence-electron chi connectivity index (χ3n) is 1.33. The standard InChI is InChI=1S/C5H12O2.C4H8O/c1-5(2,6-3)7-4;1-4(2)5-3/h1-4H3;1H2,2-3H3. The molecule has 0 unspecified atom stereocenters. The van der Waals surface area contributed by atoms with Crippen molar-refractivity contribution in [1.29, 1.82) is 0 Å². The molecule has 0 fully saturated rings. The zero-order valence-electron chi connectivity index (χ0n) is 8.93. The predicted molar refractivity (Wildman–Crippen MR) is 49.9 cm³/mol. The van der Waals surface area contributed by atoms with Gasteiger partial charge in [-0.05, 0) is 20.8 Å². The molecule has 3 nitrogen and oxygen atoms in total. The van der Waals surface area contributed by atoms with Crippen molar-refractivity contribution in [2.24, 2.45) is 0 Å². The van der Waals surface area contributed by atoms with Crippen LogP contribution in [0.25, 0.3) is 0 Å². The van der Waals surface area contributed by atoms with Crippen molar-refractivity contribution < 1.29 is 14.2 Å². The topological polar surface area (TPSA) is 27.7 Å². The fourth-order valence-corrected chi connectivity index (χ4v) is 0.0833. The Hall–Kier alpha value is -0.540. The van der Waals surface area contributed by atoms with Gasteiger partial charge in [-0.25, -0.2) is 0 Å². The first-order valence-corrected chi connectivity index (χ1v) is 3.69. The molecule has 0 aliphatic heterocycles. The summed E-state index contributed by atoms with van der Waals surface area (Å²) in [7, 11) is 4.83. The van der Waals surface area contributed by atoms with Crippen molar-refractivity contribution in [2.45, 2.75) is 26.6 Å². The molecule has 0 atom stereocenters. The van der Waals surface area contributed by atoms with E-state index < -0.39 is 5.79 Å². The number of hydrogen-bond acceptors (Lipinski definition) is 3. The molecule has 0 rings (SSSR count). The Balaban J connectivity index is 0. The number of methoxy groups -OCH3 is 3. The third kappa shape index (κ3) is 12.2. The zero-order chi connectivity index (χ0) is 10.2. The van der Waals surface area contributed by atoms with E-state index in [1.165, 1.54) is 0 Å². The van der Waals surface area contributed by atoms with Crippen LogP contribution in [0.5, 0.6) is 0 Å². The summed E-state index contributed by atoms with van der Waals surface area (Å²) in [5, 5.41) is 0. The minimum atomic E-state index is -0.417. The summed E-state index contributed by atoms with van der Waals surface area (Å²) in [6.07, 6.45) is 0. The minimum absolute atomic E-state index is 0.417. The van der Waals surface area contributed by atoms with Crippen LogP contribution < -0.4 is 0 Å². The van der Waals surface area contributed by atoms with Crippen molar-refractivity contribution in [2.75, 3.05) is 21.3 Å². The van der Waals surface area contributed by atoms with Crippen LogP contribution in [0.2, 0.25) is 0 Å². The van der Waals surface area contributed by atoms with Crippen molar-refractivity contribution in [3.05, 3.63) is 12.3 Å². The molecule has 0 heterocycles. The smallest absolute Gasteiger partial charge is 0.161 e. The average Bonchev–Trinajstić information content (AvgIpc) is 2.05. The number of rotatable bonds is 3. The molecule has 0 aliphatic rings. The van der Waals surface area contributed by atoms with E-state index in [1.807, 2.05) is 13.8 Å². The fourth-order valence-electron chi connectivity index (χ4n) is 0.0833. The average molecular weight is 176 g/mol. The van der Waals surface area contributed by atoms with Gasteiger partial charge in [-0.15, -0.1) is 0 Å². The molecular formula is C9H20O3. The first-order valence-electron chi connectivity index (χ1n) is 3.69. The lowest BCUT2D eigenvalue weighted by molar-refractivity contribution is -0.178. The van der Waals surface area contributed by atoms with Crippen molar-refractivity contribution in [1.82, 2.24) is 0 Å². The van der Waals surface area contributed by atoms with Gasteiger partial charge < -0.3 is 14.2 Å². The molecule has 74 valence electrons. The second kappa shape index (κ2) is 7.13. The molecule has 0 saturated carbocycles. The highest BCUT2D eigenvalue weighted by Crippen LogP contribution is 2.05. The molecule has 12 heavy (non-hydrogen) atoms. The maximum Gasteiger partial charge on any atom is 0.161 e. The summed E-state index contributed by atoms with van der Waals surface area (Å²) >= 11 is 0. The van der Waals surface area contributed by atoms with E-state index in [-0.39, 0.29) is 0 Å². The first-order chi connectivity index (χ1) is 5.39. The highest BCUT2D eigenvalue weighted by Gasteiger charge is 2.11. The van der Waals surface area contributed by atoms with Crippen molar-refractivity contribution >= 4 is 0 Å². The zero-order valence-corrected chi connectivity index (χ0v) is 8.93. The largest absolute Gasteiger partial charge is 0.502 e. The van der Waals surface area contributed by atoms with Crippen LogP contribution in [0.3, 0.4) is 0 Å². The molecule has 0 aliphatic carbocycles. The van der Waals surface area contributed by atoms with E-state index in [1.54, 1.807) is 28.3 Å². The summed E-state index contributed by atoms with van der Waals surface area (Å²) < 4.78 is 14.3. The second-order valence-corrected chi connectivity index (χ2v) is 2.71. The summed E-state index contributed by atoms with van der Waals surface area (Å²) in [6, 6.07) is 0. The molecule has 0 aromatic heterocycles. The summed E-state index contributed by atoms with van der Waals surface area (Å²) in [5.41, 5.74) is 0. The van der Waals surface area contributed by atoms with Crippen LogP contribution in [0.1, 0.15) is 20.8 Å². The quantitative estimate of drug-likeness (QED) is 0.487. The van der Waals surface area contributed by atoms with E-state index in [0.717, 1.165) is 5.76 Å². The lowest BCUT2D eigenvalue weighted by atomic mass is 10.4. The van der Waals surface area contributed by atoms with E-state index in [9.17, 15) is 0 Å². The number of allylic oxidation sites excluding steroid dienone is 1. The van der Waals surface area contributed by atoms with Crippen LogP contribution in [-0.4, -0.2) is 27.1 Å². The van der Waals surface area contributed by atoms with Crippen LogP contribution in [0.4, 0.5) is 0 Å². The Morgan fingerprint density at radius 2 is 1.33 bits per heavy atom. The predicted octanol–water partition coefficient (Wildman–Crippen LogP) is 2.18. The molecule has 3 heteroatoms. The van der Waals surface area contributed by atoms with Gasteiger partial charge in [0.05, 0.1) is 12.9 Å². The van der Waals surface area contributed by atoms with Gasteiger partial charge in [-0.3, -0.25) is 0 Å². The van der Waals surface area contributed by atoms with Crippen LogP contribution in [0, 0.1) is 0 Å². The van der Waals surface area contributed by atoms with Crippen LogP contribution in [-0.2, 0) is 14.2 Å². The van der Waals surface area contributed by atoms with E-state index >= 15 is 0 Å². The van der Waals surface area contributed by atoms with Gasteiger partial charge in [0.1, 0.15) is 0 Å². The monoisotopic (exact) mass is 176 g/mol. The lowest BCUT2D eigenvalue weighted by Crippen LogP contribution is -2.24.